The van der Waals surface area contributed by atoms with Crippen LogP contribution >= 0.6 is 22.9 Å². The first-order chi connectivity index (χ1) is 17.5. The van der Waals surface area contributed by atoms with Crippen LogP contribution in [0.3, 0.4) is 0 Å². The van der Waals surface area contributed by atoms with Crippen LogP contribution in [0, 0.1) is 5.92 Å². The topological polar surface area (TPSA) is 96.5 Å². The summed E-state index contributed by atoms with van der Waals surface area (Å²) in [5, 5.41) is 16.5. The molecule has 0 radical (unpaired) electrons. The number of aromatic nitrogens is 2. The number of amides is 2. The van der Waals surface area contributed by atoms with Crippen LogP contribution in [0.4, 0.5) is 10.8 Å². The smallest absolute Gasteiger partial charge is 0.231 e. The lowest BCUT2D eigenvalue weighted by Gasteiger charge is -2.24. The van der Waals surface area contributed by atoms with Crippen LogP contribution in [0.15, 0.2) is 48.5 Å². The van der Waals surface area contributed by atoms with E-state index in [9.17, 15) is 9.59 Å². The molecule has 2 aliphatic heterocycles. The van der Waals surface area contributed by atoms with Crippen LogP contribution in [0.5, 0.6) is 0 Å². The monoisotopic (exact) mass is 525 g/mol. The standard InChI is InChI=1S/C26H28ClN5O3S/c27-20-6-1-17(2-7-20)5-10-23-30-31-26(36-23)29-25(34)19-14-24(33)32(16-19)21-8-3-18(4-9-21)13-22-15-28-11-12-35-22/h1-4,6-9,19,22,28H,5,10-16H2,(H,29,31,34)/t19-,22?/m0/s1. The minimum Gasteiger partial charge on any atom is -0.375 e. The predicted molar refractivity (Wildman–Crippen MR) is 141 cm³/mol. The van der Waals surface area contributed by atoms with Gasteiger partial charge in [0.25, 0.3) is 0 Å². The zero-order valence-corrected chi connectivity index (χ0v) is 21.4. The lowest BCUT2D eigenvalue weighted by atomic mass is 10.1. The Morgan fingerprint density at radius 1 is 1.11 bits per heavy atom. The van der Waals surface area contributed by atoms with Crippen molar-refractivity contribution in [3.05, 3.63) is 69.7 Å². The normalized spacial score (nSPS) is 20.0. The third-order valence-electron chi connectivity index (χ3n) is 6.45. The molecule has 2 fully saturated rings. The summed E-state index contributed by atoms with van der Waals surface area (Å²) in [6.07, 6.45) is 2.72. The second-order valence-corrected chi connectivity index (χ2v) is 10.6. The Morgan fingerprint density at radius 2 is 1.89 bits per heavy atom. The van der Waals surface area contributed by atoms with Crippen LogP contribution in [-0.2, 0) is 33.6 Å². The predicted octanol–water partition coefficient (Wildman–Crippen LogP) is 3.50. The molecule has 0 saturated carbocycles. The van der Waals surface area contributed by atoms with Gasteiger partial charge < -0.3 is 20.3 Å². The molecule has 10 heteroatoms. The van der Waals surface area contributed by atoms with Gasteiger partial charge in [0.15, 0.2) is 0 Å². The highest BCUT2D eigenvalue weighted by molar-refractivity contribution is 7.15. The van der Waals surface area contributed by atoms with E-state index < -0.39 is 5.92 Å². The van der Waals surface area contributed by atoms with Crippen molar-refractivity contribution in [2.24, 2.45) is 5.92 Å². The molecule has 1 aromatic heterocycles. The molecule has 2 aromatic carbocycles. The molecule has 2 saturated heterocycles. The Balaban J connectivity index is 1.12. The van der Waals surface area contributed by atoms with Crippen LogP contribution in [0.25, 0.3) is 0 Å². The number of halogens is 1. The van der Waals surface area contributed by atoms with E-state index in [-0.39, 0.29) is 24.3 Å². The second-order valence-electron chi connectivity index (χ2n) is 9.09. The van der Waals surface area contributed by atoms with Gasteiger partial charge in [0.05, 0.1) is 18.6 Å². The number of benzene rings is 2. The highest BCUT2D eigenvalue weighted by atomic mass is 35.5. The molecular formula is C26H28ClN5O3S. The number of nitrogens with one attached hydrogen (secondary N) is 2. The highest BCUT2D eigenvalue weighted by Gasteiger charge is 2.35. The van der Waals surface area contributed by atoms with Gasteiger partial charge in [0.1, 0.15) is 5.01 Å². The van der Waals surface area contributed by atoms with E-state index in [2.05, 4.69) is 20.8 Å². The maximum absolute atomic E-state index is 12.8. The zero-order chi connectivity index (χ0) is 24.9. The number of aryl methyl sites for hydroxylation is 2. The van der Waals surface area contributed by atoms with Gasteiger partial charge in [-0.15, -0.1) is 10.2 Å². The van der Waals surface area contributed by atoms with E-state index in [1.807, 2.05) is 48.5 Å². The fourth-order valence-corrected chi connectivity index (χ4v) is 5.34. The first-order valence-corrected chi connectivity index (χ1v) is 13.3. The molecule has 0 spiro atoms. The number of carbonyl (C=O) groups excluding carboxylic acids is 2. The zero-order valence-electron chi connectivity index (χ0n) is 19.8. The summed E-state index contributed by atoms with van der Waals surface area (Å²) in [5.74, 6) is -0.686. The van der Waals surface area contributed by atoms with Gasteiger partial charge in [-0.25, -0.2) is 0 Å². The lowest BCUT2D eigenvalue weighted by molar-refractivity contribution is -0.122. The number of hydrogen-bond donors (Lipinski definition) is 2. The van der Waals surface area contributed by atoms with E-state index in [1.165, 1.54) is 11.3 Å². The second kappa shape index (κ2) is 11.5. The summed E-state index contributed by atoms with van der Waals surface area (Å²) in [4.78, 5) is 27.2. The van der Waals surface area contributed by atoms with Gasteiger partial charge in [0.2, 0.25) is 16.9 Å². The van der Waals surface area contributed by atoms with E-state index in [0.717, 1.165) is 60.8 Å². The number of rotatable bonds is 8. The molecule has 0 bridgehead atoms. The van der Waals surface area contributed by atoms with E-state index >= 15 is 0 Å². The van der Waals surface area contributed by atoms with E-state index in [0.29, 0.717) is 16.7 Å². The summed E-state index contributed by atoms with van der Waals surface area (Å²) in [6, 6.07) is 15.7. The van der Waals surface area contributed by atoms with Crippen molar-refractivity contribution in [2.75, 3.05) is 36.5 Å². The Hall–Kier alpha value is -2.85. The molecule has 2 amide bonds. The lowest BCUT2D eigenvalue weighted by Crippen LogP contribution is -2.39. The Bertz CT molecular complexity index is 1200. The third kappa shape index (κ3) is 6.28. The summed E-state index contributed by atoms with van der Waals surface area (Å²) >= 11 is 7.30. The number of carbonyl (C=O) groups is 2. The summed E-state index contributed by atoms with van der Waals surface area (Å²) in [6.45, 7) is 2.82. The largest absolute Gasteiger partial charge is 0.375 e. The van der Waals surface area contributed by atoms with Gasteiger partial charge in [-0.05, 0) is 48.2 Å². The van der Waals surface area contributed by atoms with Crippen molar-refractivity contribution in [3.8, 4) is 0 Å². The summed E-state index contributed by atoms with van der Waals surface area (Å²) in [7, 11) is 0. The first-order valence-electron chi connectivity index (χ1n) is 12.1. The summed E-state index contributed by atoms with van der Waals surface area (Å²) in [5.41, 5.74) is 3.13. The molecule has 2 aliphatic rings. The fraction of sp³-hybridized carbons (Fsp3) is 0.385. The minimum atomic E-state index is -0.430. The molecule has 1 unspecified atom stereocenters. The Morgan fingerprint density at radius 3 is 2.64 bits per heavy atom. The van der Waals surface area contributed by atoms with Crippen molar-refractivity contribution in [1.29, 1.82) is 0 Å². The molecule has 3 aromatic rings. The van der Waals surface area contributed by atoms with Gasteiger partial charge >= 0.3 is 0 Å². The van der Waals surface area contributed by atoms with Crippen molar-refractivity contribution in [3.63, 3.8) is 0 Å². The van der Waals surface area contributed by atoms with Gasteiger partial charge in [0, 0.05) is 43.2 Å². The summed E-state index contributed by atoms with van der Waals surface area (Å²) < 4.78 is 5.77. The highest BCUT2D eigenvalue weighted by Crippen LogP contribution is 2.27. The molecule has 5 rings (SSSR count). The van der Waals surface area contributed by atoms with Crippen LogP contribution in [0.1, 0.15) is 22.6 Å². The third-order valence-corrected chi connectivity index (χ3v) is 7.60. The average Bonchev–Trinajstić information content (AvgIpc) is 3.51. The van der Waals surface area contributed by atoms with Crippen molar-refractivity contribution >= 4 is 45.6 Å². The molecule has 8 nitrogen and oxygen atoms in total. The maximum atomic E-state index is 12.8. The van der Waals surface area contributed by atoms with Gasteiger partial charge in [-0.3, -0.25) is 9.59 Å². The average molecular weight is 526 g/mol. The molecule has 3 heterocycles. The van der Waals surface area contributed by atoms with Crippen molar-refractivity contribution in [2.45, 2.75) is 31.8 Å². The number of anilines is 2. The van der Waals surface area contributed by atoms with Gasteiger partial charge in [-0.1, -0.05) is 47.2 Å². The van der Waals surface area contributed by atoms with E-state index in [4.69, 9.17) is 16.3 Å². The first kappa shape index (κ1) is 24.8. The van der Waals surface area contributed by atoms with E-state index in [1.54, 1.807) is 4.90 Å². The Labute approximate surface area is 219 Å². The molecule has 188 valence electrons. The molecular weight excluding hydrogens is 498 g/mol. The molecule has 0 aliphatic carbocycles. The van der Waals surface area contributed by atoms with Crippen LogP contribution < -0.4 is 15.5 Å². The van der Waals surface area contributed by atoms with Crippen LogP contribution in [-0.4, -0.2) is 54.4 Å². The van der Waals surface area contributed by atoms with Crippen LogP contribution in [0.2, 0.25) is 5.02 Å². The molecule has 2 N–H and O–H groups in total. The maximum Gasteiger partial charge on any atom is 0.231 e. The van der Waals surface area contributed by atoms with Crippen molar-refractivity contribution < 1.29 is 14.3 Å². The number of morpholine rings is 1. The number of nitrogens with zero attached hydrogens (tertiary/aromatic N) is 3. The minimum absolute atomic E-state index is 0.0522. The quantitative estimate of drug-likeness (QED) is 0.467. The van der Waals surface area contributed by atoms with Crippen molar-refractivity contribution in [1.82, 2.24) is 15.5 Å². The molecule has 2 atom stereocenters. The molecule has 36 heavy (non-hydrogen) atoms. The number of ether oxygens (including phenoxy) is 1. The Kier molecular flexibility index (Phi) is 7.91. The fourth-order valence-electron chi connectivity index (χ4n) is 4.47. The SMILES string of the molecule is O=C(Nc1nnc(CCc2ccc(Cl)cc2)s1)[C@H]1CC(=O)N(c2ccc(CC3CNCCO3)cc2)C1. The van der Waals surface area contributed by atoms with Gasteiger partial charge in [-0.2, -0.15) is 0 Å². The number of hydrogen-bond acceptors (Lipinski definition) is 7.